The van der Waals surface area contributed by atoms with E-state index in [1.165, 1.54) is 6.42 Å². The van der Waals surface area contributed by atoms with Gasteiger partial charge in [0.25, 0.3) is 0 Å². The third-order valence-electron chi connectivity index (χ3n) is 4.75. The summed E-state index contributed by atoms with van der Waals surface area (Å²) in [7, 11) is 0. The van der Waals surface area contributed by atoms with Crippen molar-refractivity contribution in [1.82, 2.24) is 10.1 Å². The minimum Gasteiger partial charge on any atom is -0.377 e. The van der Waals surface area contributed by atoms with Gasteiger partial charge in [0.2, 0.25) is 0 Å². The molecule has 0 bridgehead atoms. The summed E-state index contributed by atoms with van der Waals surface area (Å²) in [5, 5.41) is 4.12. The Morgan fingerprint density at radius 2 is 2.50 bits per heavy atom. The van der Waals surface area contributed by atoms with E-state index in [4.69, 9.17) is 14.0 Å². The molecular formula is C17H26N2O3. The van der Waals surface area contributed by atoms with Gasteiger partial charge >= 0.3 is 0 Å². The van der Waals surface area contributed by atoms with Gasteiger partial charge in [-0.1, -0.05) is 11.2 Å². The van der Waals surface area contributed by atoms with Crippen molar-refractivity contribution in [3.8, 4) is 0 Å². The molecule has 122 valence electrons. The summed E-state index contributed by atoms with van der Waals surface area (Å²) in [6, 6.07) is 2.02. The molecule has 0 saturated carbocycles. The van der Waals surface area contributed by atoms with Crippen LogP contribution in [0.25, 0.3) is 0 Å². The first-order chi connectivity index (χ1) is 10.7. The van der Waals surface area contributed by atoms with Gasteiger partial charge in [0.05, 0.1) is 25.0 Å². The minimum absolute atomic E-state index is 0.109. The summed E-state index contributed by atoms with van der Waals surface area (Å²) in [4.78, 5) is 2.46. The van der Waals surface area contributed by atoms with E-state index in [1.54, 1.807) is 0 Å². The Labute approximate surface area is 132 Å². The molecule has 0 aliphatic carbocycles. The Hall–Kier alpha value is -1.17. The summed E-state index contributed by atoms with van der Waals surface area (Å²) in [5.41, 5.74) is 1.12. The van der Waals surface area contributed by atoms with Crippen molar-refractivity contribution >= 4 is 0 Å². The van der Waals surface area contributed by atoms with E-state index in [2.05, 4.69) is 16.6 Å². The van der Waals surface area contributed by atoms with Gasteiger partial charge in [-0.2, -0.15) is 0 Å². The Bertz CT molecular complexity index is 502. The number of rotatable bonds is 6. The fraction of sp³-hybridized carbons (Fsp3) is 0.706. The molecule has 1 aromatic rings. The topological polar surface area (TPSA) is 47.7 Å². The van der Waals surface area contributed by atoms with Gasteiger partial charge in [-0.25, -0.2) is 0 Å². The van der Waals surface area contributed by atoms with Crippen LogP contribution < -0.4 is 0 Å². The summed E-state index contributed by atoms with van der Waals surface area (Å²) in [6.07, 6.45) is 5.48. The molecule has 5 nitrogen and oxygen atoms in total. The summed E-state index contributed by atoms with van der Waals surface area (Å²) >= 11 is 0. The van der Waals surface area contributed by atoms with Crippen LogP contribution >= 0.6 is 0 Å². The molecular weight excluding hydrogens is 280 g/mol. The molecule has 22 heavy (non-hydrogen) atoms. The lowest BCUT2D eigenvalue weighted by molar-refractivity contribution is -0.152. The quantitative estimate of drug-likeness (QED) is 0.597. The molecule has 2 fully saturated rings. The first-order valence-corrected chi connectivity index (χ1v) is 8.17. The Balaban J connectivity index is 1.66. The molecule has 2 aliphatic rings. The lowest BCUT2D eigenvalue weighted by atomic mass is 9.73. The SMILES string of the molecule is C=CCOC[C@@]12CCCO[C@@H]1CCN(Cc1cc(C)on1)C2. The van der Waals surface area contributed by atoms with E-state index < -0.39 is 0 Å². The molecule has 3 rings (SSSR count). The molecule has 0 aromatic carbocycles. The zero-order valence-corrected chi connectivity index (χ0v) is 13.4. The van der Waals surface area contributed by atoms with Gasteiger partial charge in [0, 0.05) is 37.7 Å². The minimum atomic E-state index is 0.109. The predicted octanol–water partition coefficient (Wildman–Crippen LogP) is 2.56. The highest BCUT2D eigenvalue weighted by atomic mass is 16.5. The van der Waals surface area contributed by atoms with Gasteiger partial charge in [-0.3, -0.25) is 4.90 Å². The maximum absolute atomic E-state index is 6.05. The van der Waals surface area contributed by atoms with Crippen molar-refractivity contribution in [2.24, 2.45) is 5.41 Å². The average molecular weight is 306 g/mol. The van der Waals surface area contributed by atoms with Crippen molar-refractivity contribution in [2.75, 3.05) is 32.9 Å². The van der Waals surface area contributed by atoms with E-state index >= 15 is 0 Å². The molecule has 0 spiro atoms. The first kappa shape index (κ1) is 15.7. The summed E-state index contributed by atoms with van der Waals surface area (Å²) < 4.78 is 17.1. The fourth-order valence-electron chi connectivity index (χ4n) is 3.80. The van der Waals surface area contributed by atoms with Crippen molar-refractivity contribution in [3.05, 3.63) is 30.2 Å². The number of hydrogen-bond acceptors (Lipinski definition) is 5. The number of fused-ring (bicyclic) bond motifs is 1. The summed E-state index contributed by atoms with van der Waals surface area (Å²) in [6.45, 7) is 10.8. The van der Waals surface area contributed by atoms with Crippen LogP contribution in [-0.2, 0) is 16.0 Å². The van der Waals surface area contributed by atoms with Crippen LogP contribution in [0, 0.1) is 12.3 Å². The predicted molar refractivity (Wildman–Crippen MR) is 83.6 cm³/mol. The van der Waals surface area contributed by atoms with Gasteiger partial charge in [-0.05, 0) is 26.2 Å². The van der Waals surface area contributed by atoms with Crippen LogP contribution in [0.15, 0.2) is 23.2 Å². The zero-order chi connectivity index (χ0) is 15.4. The van der Waals surface area contributed by atoms with Crippen molar-refractivity contribution < 1.29 is 14.0 Å². The molecule has 2 saturated heterocycles. The van der Waals surface area contributed by atoms with Crippen LogP contribution in [0.3, 0.4) is 0 Å². The number of aromatic nitrogens is 1. The smallest absolute Gasteiger partial charge is 0.133 e. The van der Waals surface area contributed by atoms with Crippen LogP contribution in [-0.4, -0.2) is 49.1 Å². The number of nitrogens with zero attached hydrogens (tertiary/aromatic N) is 2. The zero-order valence-electron chi connectivity index (χ0n) is 13.4. The maximum atomic E-state index is 6.05. The van der Waals surface area contributed by atoms with Crippen molar-refractivity contribution in [3.63, 3.8) is 0 Å². The molecule has 1 aromatic heterocycles. The molecule has 0 radical (unpaired) electrons. The molecule has 2 atom stereocenters. The average Bonchev–Trinajstić information content (AvgIpc) is 2.92. The Morgan fingerprint density at radius 1 is 1.59 bits per heavy atom. The summed E-state index contributed by atoms with van der Waals surface area (Å²) in [5.74, 6) is 0.870. The van der Waals surface area contributed by atoms with E-state index in [-0.39, 0.29) is 5.41 Å². The first-order valence-electron chi connectivity index (χ1n) is 8.17. The number of aryl methyl sites for hydroxylation is 1. The lowest BCUT2D eigenvalue weighted by Gasteiger charge is -2.50. The lowest BCUT2D eigenvalue weighted by Crippen LogP contribution is -2.56. The molecule has 3 heterocycles. The standard InChI is InChI=1S/C17H26N2O3/c1-3-8-20-13-17-6-4-9-21-16(17)5-7-19(12-17)11-15-10-14(2)22-18-15/h3,10,16H,1,4-9,11-13H2,2H3/t16-,17+/m1/s1. The van der Waals surface area contributed by atoms with Crippen molar-refractivity contribution in [2.45, 2.75) is 38.8 Å². The second kappa shape index (κ2) is 6.94. The van der Waals surface area contributed by atoms with Crippen LogP contribution in [0.4, 0.5) is 0 Å². The third kappa shape index (κ3) is 3.42. The second-order valence-electron chi connectivity index (χ2n) is 6.56. The largest absolute Gasteiger partial charge is 0.377 e. The number of piperidine rings is 1. The van der Waals surface area contributed by atoms with Crippen molar-refractivity contribution in [1.29, 1.82) is 0 Å². The molecule has 5 heteroatoms. The fourth-order valence-corrected chi connectivity index (χ4v) is 3.80. The number of likely N-dealkylation sites (tertiary alicyclic amines) is 1. The Morgan fingerprint density at radius 3 is 3.27 bits per heavy atom. The molecule has 0 amide bonds. The monoisotopic (exact) mass is 306 g/mol. The third-order valence-corrected chi connectivity index (χ3v) is 4.75. The highest BCUT2D eigenvalue weighted by Gasteiger charge is 2.46. The van der Waals surface area contributed by atoms with Crippen LogP contribution in [0.5, 0.6) is 0 Å². The van der Waals surface area contributed by atoms with Gasteiger partial charge in [0.1, 0.15) is 5.76 Å². The van der Waals surface area contributed by atoms with Crippen LogP contribution in [0.2, 0.25) is 0 Å². The van der Waals surface area contributed by atoms with E-state index in [1.807, 2.05) is 19.1 Å². The second-order valence-corrected chi connectivity index (χ2v) is 6.56. The van der Waals surface area contributed by atoms with Gasteiger partial charge < -0.3 is 14.0 Å². The van der Waals surface area contributed by atoms with Gasteiger partial charge in [-0.15, -0.1) is 6.58 Å². The highest BCUT2D eigenvalue weighted by Crippen LogP contribution is 2.40. The van der Waals surface area contributed by atoms with E-state index in [0.717, 1.165) is 57.1 Å². The normalized spacial score (nSPS) is 29.2. The van der Waals surface area contributed by atoms with Crippen LogP contribution in [0.1, 0.15) is 30.7 Å². The highest BCUT2D eigenvalue weighted by molar-refractivity contribution is 5.05. The number of hydrogen-bond donors (Lipinski definition) is 0. The van der Waals surface area contributed by atoms with E-state index in [9.17, 15) is 0 Å². The maximum Gasteiger partial charge on any atom is 0.133 e. The van der Waals surface area contributed by atoms with Gasteiger partial charge in [0.15, 0.2) is 0 Å². The molecule has 2 aliphatic heterocycles. The molecule has 0 N–H and O–H groups in total. The Kier molecular flexibility index (Phi) is 4.96. The van der Waals surface area contributed by atoms with E-state index in [0.29, 0.717) is 12.7 Å². The number of ether oxygens (including phenoxy) is 2. The molecule has 0 unspecified atom stereocenters.